The van der Waals surface area contributed by atoms with Crippen molar-refractivity contribution in [2.45, 2.75) is 76.0 Å². The quantitative estimate of drug-likeness (QED) is 0.0793. The van der Waals surface area contributed by atoms with E-state index >= 15 is 0 Å². The van der Waals surface area contributed by atoms with Crippen LogP contribution in [0.3, 0.4) is 0 Å². The molecular formula is C40H43N9O5. The Hall–Kier alpha value is -6.05. The number of unbranched alkanes of at least 4 members (excludes halogenated alkanes) is 2. The van der Waals surface area contributed by atoms with Crippen LogP contribution in [-0.2, 0) is 36.0 Å². The van der Waals surface area contributed by atoms with Gasteiger partial charge in [-0.15, -0.1) is 5.10 Å². The van der Waals surface area contributed by atoms with E-state index in [0.29, 0.717) is 36.1 Å². The number of nitrogens with zero attached hydrogens (tertiary/aromatic N) is 8. The number of anilines is 1. The molecule has 3 saturated heterocycles. The first-order chi connectivity index (χ1) is 26.2. The van der Waals surface area contributed by atoms with Crippen molar-refractivity contribution in [2.24, 2.45) is 7.05 Å². The molecule has 0 saturated carbocycles. The topological polar surface area (TPSA) is 160 Å². The minimum atomic E-state index is -0.686. The molecule has 2 amide bonds. The highest BCUT2D eigenvalue weighted by atomic mass is 16.3. The van der Waals surface area contributed by atoms with Gasteiger partial charge in [0.2, 0.25) is 11.8 Å². The van der Waals surface area contributed by atoms with E-state index in [-0.39, 0.29) is 29.6 Å². The van der Waals surface area contributed by atoms with E-state index in [9.17, 15) is 24.3 Å². The minimum absolute atomic E-state index is 0.00689. The third-order valence-corrected chi connectivity index (χ3v) is 10.9. The lowest BCUT2D eigenvalue weighted by atomic mass is 10.0. The number of ketones is 1. The van der Waals surface area contributed by atoms with Gasteiger partial charge in [-0.2, -0.15) is 0 Å². The smallest absolute Gasteiger partial charge is 0.329 e. The maximum Gasteiger partial charge on any atom is 0.329 e. The number of aromatic hydroxyl groups is 1. The van der Waals surface area contributed by atoms with Crippen LogP contribution in [0.15, 0.2) is 83.9 Å². The molecule has 3 aliphatic heterocycles. The van der Waals surface area contributed by atoms with Gasteiger partial charge in [-0.1, -0.05) is 35.9 Å². The number of para-hydroxylation sites is 1. The summed E-state index contributed by atoms with van der Waals surface area (Å²) in [5.41, 5.74) is 4.52. The molecule has 14 nitrogen and oxygen atoms in total. The van der Waals surface area contributed by atoms with Gasteiger partial charge in [-0.25, -0.2) is 14.5 Å². The summed E-state index contributed by atoms with van der Waals surface area (Å²) in [5.74, 6) is 0.00255. The summed E-state index contributed by atoms with van der Waals surface area (Å²) in [6.07, 6.45) is 11.6. The standard InChI is InChI=1S/C40H43N9O5/c1-45-34-20-26(14-15-32(34)49(40(45)54)33-16-17-38(52)42-39(33)53)8-3-2-4-9-28-23-47(44-43-28)22-27-10-7-13-37(41-27)48-25-29-21-30(48)24-46(29)19-18-36(51)31-11-5-6-12-35(31)50/h5-7,10-15,18-20,23,29-30,33,50H,2-4,8-9,16-17,21-22,24-25H2,1H3,(H,42,52,53)/b19-18+/t29-,30+,33?/m0/s1. The number of hydrogen-bond acceptors (Lipinski definition) is 10. The van der Waals surface area contributed by atoms with Gasteiger partial charge in [0.1, 0.15) is 17.6 Å². The number of carbonyl (C=O) groups is 3. The number of amides is 2. The van der Waals surface area contributed by atoms with Gasteiger partial charge in [-0.05, 0) is 80.5 Å². The lowest BCUT2D eigenvalue weighted by Crippen LogP contribution is -2.44. The Kier molecular flexibility index (Phi) is 9.57. The van der Waals surface area contributed by atoms with Gasteiger partial charge in [0.25, 0.3) is 0 Å². The number of pyridine rings is 1. The monoisotopic (exact) mass is 729 g/mol. The molecule has 278 valence electrons. The zero-order chi connectivity index (χ0) is 37.3. The van der Waals surface area contributed by atoms with Crippen molar-refractivity contribution in [2.75, 3.05) is 18.0 Å². The molecule has 0 radical (unpaired) electrons. The predicted molar refractivity (Wildman–Crippen MR) is 201 cm³/mol. The summed E-state index contributed by atoms with van der Waals surface area (Å²) in [6, 6.07) is 18.6. The summed E-state index contributed by atoms with van der Waals surface area (Å²) < 4.78 is 4.93. The van der Waals surface area contributed by atoms with Crippen molar-refractivity contribution < 1.29 is 19.5 Å². The number of carbonyl (C=O) groups excluding carboxylic acids is 3. The highest BCUT2D eigenvalue weighted by Crippen LogP contribution is 2.34. The van der Waals surface area contributed by atoms with Crippen molar-refractivity contribution in [3.05, 3.63) is 112 Å². The molecule has 54 heavy (non-hydrogen) atoms. The fourth-order valence-electron chi connectivity index (χ4n) is 8.11. The van der Waals surface area contributed by atoms with E-state index in [1.807, 2.05) is 47.4 Å². The first kappa shape index (κ1) is 35.0. The molecule has 0 spiro atoms. The minimum Gasteiger partial charge on any atom is -0.507 e. The van der Waals surface area contributed by atoms with Crippen LogP contribution in [0.2, 0.25) is 0 Å². The molecule has 5 aromatic rings. The number of imide groups is 1. The van der Waals surface area contributed by atoms with Crippen LogP contribution in [-0.4, -0.2) is 81.9 Å². The molecule has 14 heteroatoms. The average molecular weight is 730 g/mol. The molecule has 1 unspecified atom stereocenters. The molecule has 2 N–H and O–H groups in total. The van der Waals surface area contributed by atoms with E-state index in [1.165, 1.54) is 10.6 Å². The van der Waals surface area contributed by atoms with Crippen LogP contribution >= 0.6 is 0 Å². The molecule has 2 aromatic carbocycles. The Morgan fingerprint density at radius 2 is 1.80 bits per heavy atom. The number of likely N-dealkylation sites (tertiary alicyclic amines) is 1. The number of aryl methyl sites for hydroxylation is 3. The van der Waals surface area contributed by atoms with Crippen LogP contribution in [0.1, 0.15) is 71.9 Å². The predicted octanol–water partition coefficient (Wildman–Crippen LogP) is 3.67. The zero-order valence-corrected chi connectivity index (χ0v) is 30.2. The first-order valence-electron chi connectivity index (χ1n) is 18.6. The van der Waals surface area contributed by atoms with Crippen molar-refractivity contribution >= 4 is 34.4 Å². The van der Waals surface area contributed by atoms with E-state index in [0.717, 1.165) is 79.9 Å². The SMILES string of the molecule is Cn1c(=O)n(C2CCC(=O)NC2=O)c2ccc(CCCCCc3cn(Cc4cccc(N5C[C@@H]6C[C@@H]5CN6/C=C/C(=O)c5ccccc5O)n4)nn3)cc21. The van der Waals surface area contributed by atoms with Crippen LogP contribution in [0, 0.1) is 0 Å². The number of hydrogen-bond donors (Lipinski definition) is 2. The largest absolute Gasteiger partial charge is 0.507 e. The molecule has 3 aromatic heterocycles. The average Bonchev–Trinajstić information content (AvgIpc) is 3.95. The second-order valence-corrected chi connectivity index (χ2v) is 14.5. The maximum atomic E-state index is 13.1. The molecule has 8 rings (SSSR count). The third-order valence-electron chi connectivity index (χ3n) is 10.9. The Bertz CT molecular complexity index is 2320. The number of piperazine rings is 1. The number of benzene rings is 2. The number of rotatable bonds is 13. The molecule has 0 aliphatic carbocycles. The Morgan fingerprint density at radius 3 is 2.61 bits per heavy atom. The first-order valence-corrected chi connectivity index (χ1v) is 18.6. The summed E-state index contributed by atoms with van der Waals surface area (Å²) in [6.45, 7) is 2.17. The van der Waals surface area contributed by atoms with Crippen molar-refractivity contribution in [3.63, 3.8) is 0 Å². The molecule has 3 atom stereocenters. The number of piperidine rings is 1. The van der Waals surface area contributed by atoms with E-state index in [1.54, 1.807) is 35.9 Å². The van der Waals surface area contributed by atoms with Crippen LogP contribution in [0.4, 0.5) is 5.82 Å². The number of phenolic OH excluding ortho intramolecular Hbond substituents is 1. The fourth-order valence-corrected chi connectivity index (χ4v) is 8.11. The van der Waals surface area contributed by atoms with Crippen molar-refractivity contribution in [3.8, 4) is 5.75 Å². The zero-order valence-electron chi connectivity index (χ0n) is 30.2. The second kappa shape index (κ2) is 14.8. The summed E-state index contributed by atoms with van der Waals surface area (Å²) in [4.78, 5) is 59.3. The fraction of sp³-hybridized carbons (Fsp3) is 0.375. The molecule has 2 bridgehead atoms. The summed E-state index contributed by atoms with van der Waals surface area (Å²) in [5, 5.41) is 21.1. The highest BCUT2D eigenvalue weighted by Gasteiger charge is 2.42. The molecule has 3 aliphatic rings. The number of imidazole rings is 1. The van der Waals surface area contributed by atoms with Gasteiger partial charge >= 0.3 is 5.69 Å². The lowest BCUT2D eigenvalue weighted by Gasteiger charge is -2.34. The number of allylic oxidation sites excluding steroid dienone is 1. The Morgan fingerprint density at radius 1 is 0.944 bits per heavy atom. The number of fused-ring (bicyclic) bond motifs is 3. The Labute approximate surface area is 311 Å². The summed E-state index contributed by atoms with van der Waals surface area (Å²) in [7, 11) is 1.72. The van der Waals surface area contributed by atoms with E-state index < -0.39 is 11.9 Å². The van der Waals surface area contributed by atoms with Gasteiger partial charge < -0.3 is 14.9 Å². The second-order valence-electron chi connectivity index (χ2n) is 14.5. The number of phenols is 1. The van der Waals surface area contributed by atoms with E-state index in [2.05, 4.69) is 31.5 Å². The maximum absolute atomic E-state index is 13.1. The van der Waals surface area contributed by atoms with Gasteiger partial charge in [0.15, 0.2) is 5.78 Å². The molecule has 6 heterocycles. The van der Waals surface area contributed by atoms with Crippen molar-refractivity contribution in [1.29, 1.82) is 0 Å². The Balaban J connectivity index is 0.801. The van der Waals surface area contributed by atoms with Gasteiger partial charge in [-0.3, -0.25) is 28.8 Å². The van der Waals surface area contributed by atoms with Crippen LogP contribution in [0.25, 0.3) is 11.0 Å². The van der Waals surface area contributed by atoms with Gasteiger partial charge in [0, 0.05) is 57.1 Å². The van der Waals surface area contributed by atoms with Crippen molar-refractivity contribution in [1.82, 2.24) is 39.3 Å². The van der Waals surface area contributed by atoms with Crippen LogP contribution in [0.5, 0.6) is 5.75 Å². The highest BCUT2D eigenvalue weighted by molar-refractivity contribution is 6.06. The summed E-state index contributed by atoms with van der Waals surface area (Å²) >= 11 is 0. The number of aromatic nitrogens is 6. The molecule has 3 fully saturated rings. The molecular weight excluding hydrogens is 686 g/mol. The van der Waals surface area contributed by atoms with Crippen LogP contribution < -0.4 is 15.9 Å². The third kappa shape index (κ3) is 7.03. The lowest BCUT2D eigenvalue weighted by molar-refractivity contribution is -0.135. The van der Waals surface area contributed by atoms with E-state index in [4.69, 9.17) is 4.98 Å². The normalized spacial score (nSPS) is 19.8. The van der Waals surface area contributed by atoms with Gasteiger partial charge in [0.05, 0.1) is 34.5 Å². The number of nitrogens with one attached hydrogen (secondary N) is 1.